The monoisotopic (exact) mass is 312 g/mol. The highest BCUT2D eigenvalue weighted by Crippen LogP contribution is 2.10. The summed E-state index contributed by atoms with van der Waals surface area (Å²) < 4.78 is 22.4. The fourth-order valence-corrected chi connectivity index (χ4v) is 1.24. The Morgan fingerprint density at radius 2 is 1.77 bits per heavy atom. The van der Waals surface area contributed by atoms with E-state index in [-0.39, 0.29) is 12.5 Å². The third-order valence-corrected chi connectivity index (χ3v) is 2.47. The average Bonchev–Trinajstić information content (AvgIpc) is 2.49. The molecule has 0 radical (unpaired) electrons. The molecule has 22 heavy (non-hydrogen) atoms. The molecule has 0 saturated carbocycles. The molecule has 0 saturated heterocycles. The molecular formula is C14H17FN2O5. The topological polar surface area (TPSA) is 84.9 Å². The number of nitrogens with zero attached hydrogens (tertiary/aromatic N) is 1. The molecule has 0 spiro atoms. The molecule has 1 rings (SSSR count). The van der Waals surface area contributed by atoms with Crippen molar-refractivity contribution in [3.05, 3.63) is 30.1 Å². The number of hydrogen-bond donors (Lipinski definition) is 1. The zero-order chi connectivity index (χ0) is 16.5. The van der Waals surface area contributed by atoms with E-state index in [1.165, 1.54) is 29.2 Å². The van der Waals surface area contributed by atoms with Crippen molar-refractivity contribution in [2.24, 2.45) is 0 Å². The number of benzene rings is 1. The smallest absolute Gasteiger partial charge is 0.344 e. The molecule has 0 aliphatic heterocycles. The molecule has 0 heterocycles. The molecule has 0 aliphatic carbocycles. The highest BCUT2D eigenvalue weighted by Gasteiger charge is 2.10. The second-order valence-electron chi connectivity index (χ2n) is 4.47. The Kier molecular flexibility index (Phi) is 6.81. The van der Waals surface area contributed by atoms with Crippen LogP contribution in [-0.4, -0.2) is 56.5 Å². The molecule has 0 aromatic heterocycles. The van der Waals surface area contributed by atoms with E-state index in [9.17, 15) is 18.8 Å². The summed E-state index contributed by atoms with van der Waals surface area (Å²) in [5.41, 5.74) is 0. The van der Waals surface area contributed by atoms with Crippen LogP contribution in [-0.2, 0) is 19.1 Å². The zero-order valence-corrected chi connectivity index (χ0v) is 12.3. The van der Waals surface area contributed by atoms with E-state index < -0.39 is 30.9 Å². The third kappa shape index (κ3) is 6.69. The number of hydrogen-bond acceptors (Lipinski definition) is 5. The first-order valence-corrected chi connectivity index (χ1v) is 6.39. The van der Waals surface area contributed by atoms with Gasteiger partial charge in [0, 0.05) is 14.1 Å². The van der Waals surface area contributed by atoms with Crippen LogP contribution >= 0.6 is 0 Å². The first-order valence-electron chi connectivity index (χ1n) is 6.39. The Bertz CT molecular complexity index is 531. The molecule has 1 aromatic carbocycles. The van der Waals surface area contributed by atoms with Gasteiger partial charge in [-0.05, 0) is 24.3 Å². The van der Waals surface area contributed by atoms with Gasteiger partial charge in [-0.1, -0.05) is 0 Å². The normalized spacial score (nSPS) is 9.77. The molecule has 8 heteroatoms. The maximum absolute atomic E-state index is 12.7. The Morgan fingerprint density at radius 1 is 1.14 bits per heavy atom. The van der Waals surface area contributed by atoms with E-state index in [0.29, 0.717) is 5.75 Å². The van der Waals surface area contributed by atoms with E-state index in [1.54, 1.807) is 14.1 Å². The second kappa shape index (κ2) is 8.60. The average molecular weight is 312 g/mol. The van der Waals surface area contributed by atoms with Crippen molar-refractivity contribution in [1.29, 1.82) is 0 Å². The summed E-state index contributed by atoms with van der Waals surface area (Å²) in [7, 11) is 3.11. The van der Waals surface area contributed by atoms with Crippen LogP contribution in [0.4, 0.5) is 4.39 Å². The SMILES string of the molecule is CN(C)C(=O)CNC(=O)COC(=O)COc1ccc(F)cc1. The van der Waals surface area contributed by atoms with Gasteiger partial charge in [-0.3, -0.25) is 9.59 Å². The fraction of sp³-hybridized carbons (Fsp3) is 0.357. The molecule has 2 amide bonds. The van der Waals surface area contributed by atoms with Gasteiger partial charge in [0.15, 0.2) is 13.2 Å². The molecule has 0 unspecified atom stereocenters. The quantitative estimate of drug-likeness (QED) is 0.714. The lowest BCUT2D eigenvalue weighted by atomic mass is 10.3. The number of esters is 1. The van der Waals surface area contributed by atoms with Crippen LogP contribution in [0.5, 0.6) is 5.75 Å². The molecule has 0 fully saturated rings. The molecule has 1 aromatic rings. The van der Waals surface area contributed by atoms with E-state index in [2.05, 4.69) is 10.1 Å². The van der Waals surface area contributed by atoms with Crippen LogP contribution in [0, 0.1) is 5.82 Å². The number of halogens is 1. The van der Waals surface area contributed by atoms with Crippen molar-refractivity contribution in [2.45, 2.75) is 0 Å². The van der Waals surface area contributed by atoms with Crippen molar-refractivity contribution < 1.29 is 28.2 Å². The largest absolute Gasteiger partial charge is 0.482 e. The molecule has 7 nitrogen and oxygen atoms in total. The number of rotatable bonds is 7. The predicted molar refractivity (Wildman–Crippen MR) is 74.6 cm³/mol. The number of amides is 2. The van der Waals surface area contributed by atoms with Crippen LogP contribution in [0.2, 0.25) is 0 Å². The summed E-state index contributed by atoms with van der Waals surface area (Å²) in [4.78, 5) is 35.3. The summed E-state index contributed by atoms with van der Waals surface area (Å²) in [6.07, 6.45) is 0. The van der Waals surface area contributed by atoms with Crippen molar-refractivity contribution >= 4 is 17.8 Å². The number of carbonyl (C=O) groups excluding carboxylic acids is 3. The summed E-state index contributed by atoms with van der Waals surface area (Å²) in [5.74, 6) is -1.73. The van der Waals surface area contributed by atoms with Gasteiger partial charge in [0.05, 0.1) is 6.54 Å². The number of carbonyl (C=O) groups is 3. The van der Waals surface area contributed by atoms with Crippen LogP contribution in [0.25, 0.3) is 0 Å². The molecule has 0 aliphatic rings. The molecule has 1 N–H and O–H groups in total. The van der Waals surface area contributed by atoms with E-state index in [4.69, 9.17) is 4.74 Å². The highest BCUT2D eigenvalue weighted by atomic mass is 19.1. The third-order valence-electron chi connectivity index (χ3n) is 2.47. The van der Waals surface area contributed by atoms with Crippen molar-refractivity contribution in [3.63, 3.8) is 0 Å². The molecule has 120 valence electrons. The van der Waals surface area contributed by atoms with Gasteiger partial charge in [0.1, 0.15) is 11.6 Å². The van der Waals surface area contributed by atoms with Gasteiger partial charge in [-0.15, -0.1) is 0 Å². The highest BCUT2D eigenvalue weighted by molar-refractivity contribution is 5.86. The lowest BCUT2D eigenvalue weighted by Gasteiger charge is -2.11. The zero-order valence-electron chi connectivity index (χ0n) is 12.3. The Balaban J connectivity index is 2.21. The van der Waals surface area contributed by atoms with Crippen molar-refractivity contribution in [3.8, 4) is 5.75 Å². The van der Waals surface area contributed by atoms with E-state index in [1.807, 2.05) is 0 Å². The van der Waals surface area contributed by atoms with Crippen LogP contribution in [0.15, 0.2) is 24.3 Å². The number of nitrogens with one attached hydrogen (secondary N) is 1. The number of ether oxygens (including phenoxy) is 2. The molecular weight excluding hydrogens is 295 g/mol. The Morgan fingerprint density at radius 3 is 2.36 bits per heavy atom. The minimum absolute atomic E-state index is 0.171. The van der Waals surface area contributed by atoms with Crippen molar-refractivity contribution in [1.82, 2.24) is 10.2 Å². The van der Waals surface area contributed by atoms with Crippen LogP contribution in [0.3, 0.4) is 0 Å². The first-order chi connectivity index (χ1) is 10.4. The minimum atomic E-state index is -0.751. The van der Waals surface area contributed by atoms with E-state index >= 15 is 0 Å². The van der Waals surface area contributed by atoms with Gasteiger partial charge >= 0.3 is 5.97 Å². The van der Waals surface area contributed by atoms with Gasteiger partial charge in [0.25, 0.3) is 5.91 Å². The van der Waals surface area contributed by atoms with Gasteiger partial charge in [-0.25, -0.2) is 9.18 Å². The summed E-state index contributed by atoms with van der Waals surface area (Å²) in [5, 5.41) is 2.31. The maximum Gasteiger partial charge on any atom is 0.344 e. The van der Waals surface area contributed by atoms with Gasteiger partial charge in [-0.2, -0.15) is 0 Å². The summed E-state index contributed by atoms with van der Waals surface area (Å²) >= 11 is 0. The standard InChI is InChI=1S/C14H17FN2O5/c1-17(2)13(19)7-16-12(18)8-22-14(20)9-21-11-5-3-10(15)4-6-11/h3-6H,7-9H2,1-2H3,(H,16,18). The minimum Gasteiger partial charge on any atom is -0.482 e. The fourth-order valence-electron chi connectivity index (χ4n) is 1.24. The second-order valence-corrected chi connectivity index (χ2v) is 4.47. The van der Waals surface area contributed by atoms with Gasteiger partial charge < -0.3 is 19.7 Å². The summed E-state index contributed by atoms with van der Waals surface area (Å²) in [6.45, 7) is -1.09. The summed E-state index contributed by atoms with van der Waals surface area (Å²) in [6, 6.07) is 5.11. The number of likely N-dealkylation sites (N-methyl/N-ethyl adjacent to an activating group) is 1. The van der Waals surface area contributed by atoms with Crippen LogP contribution < -0.4 is 10.1 Å². The van der Waals surface area contributed by atoms with Gasteiger partial charge in [0.2, 0.25) is 5.91 Å². The Hall–Kier alpha value is -2.64. The lowest BCUT2D eigenvalue weighted by molar-refractivity contribution is -0.150. The van der Waals surface area contributed by atoms with Crippen LogP contribution in [0.1, 0.15) is 0 Å². The lowest BCUT2D eigenvalue weighted by Crippen LogP contribution is -2.38. The molecule has 0 atom stereocenters. The maximum atomic E-state index is 12.7. The molecule has 0 bridgehead atoms. The first kappa shape index (κ1) is 17.4. The predicted octanol–water partition coefficient (Wildman–Crippen LogP) is -0.0479. The Labute approximate surface area is 127 Å². The van der Waals surface area contributed by atoms with Crippen molar-refractivity contribution in [2.75, 3.05) is 33.9 Å². The van der Waals surface area contributed by atoms with E-state index in [0.717, 1.165) is 0 Å².